The van der Waals surface area contributed by atoms with Crippen LogP contribution in [0.5, 0.6) is 0 Å². The average Bonchev–Trinajstić information content (AvgIpc) is 1.84. The molecule has 14 heavy (non-hydrogen) atoms. The van der Waals surface area contributed by atoms with E-state index in [1.165, 1.54) is 0 Å². The molecule has 0 fully saturated rings. The summed E-state index contributed by atoms with van der Waals surface area (Å²) in [5.74, 6) is 0.958. The molecule has 0 spiro atoms. The summed E-state index contributed by atoms with van der Waals surface area (Å²) in [4.78, 5) is 0. The Morgan fingerprint density at radius 3 is 1.43 bits per heavy atom. The summed E-state index contributed by atoms with van der Waals surface area (Å²) in [7, 11) is -0.231. The number of aliphatic hydroxyl groups excluding tert-OH is 2. The van der Waals surface area contributed by atoms with Crippen molar-refractivity contribution in [2.45, 2.75) is 7.43 Å². The summed E-state index contributed by atoms with van der Waals surface area (Å²) in [6.45, 7) is 7.38. The van der Waals surface area contributed by atoms with E-state index in [4.69, 9.17) is 10.2 Å². The SMILES string of the molecule is C.C[P+](C)(C)CCO.C[S+](C)CCO. The molecule has 0 heterocycles. The molecule has 0 aromatic carbocycles. The normalized spacial score (nSPS) is 10.3. The van der Waals surface area contributed by atoms with Crippen molar-refractivity contribution in [3.8, 4) is 0 Å². The standard InChI is InChI=1S/C5H14OP.C4H11OS.CH4/c1-7(2,3)5-4-6;1-6(2)4-3-5;/h6H,4-5H2,1-3H3;5H,3-4H2,1-2H3;1H4/q2*+1;. The van der Waals surface area contributed by atoms with Crippen LogP contribution in [0.25, 0.3) is 0 Å². The highest BCUT2D eigenvalue weighted by atomic mass is 32.2. The Bertz CT molecular complexity index is 103. The predicted octanol–water partition coefficient (Wildman–Crippen LogP) is 1.38. The van der Waals surface area contributed by atoms with E-state index in [0.717, 1.165) is 11.9 Å². The smallest absolute Gasteiger partial charge is 0.130 e. The molecule has 0 aromatic heterocycles. The Morgan fingerprint density at radius 2 is 1.43 bits per heavy atom. The van der Waals surface area contributed by atoms with E-state index in [1.54, 1.807) is 0 Å². The van der Waals surface area contributed by atoms with Gasteiger partial charge in [0.15, 0.2) is 0 Å². The summed E-state index contributed by atoms with van der Waals surface area (Å²) in [5.41, 5.74) is 0. The lowest BCUT2D eigenvalue weighted by Gasteiger charge is -2.07. The van der Waals surface area contributed by atoms with Gasteiger partial charge >= 0.3 is 0 Å². The third-order valence-corrected chi connectivity index (χ3v) is 3.81. The van der Waals surface area contributed by atoms with Crippen LogP contribution in [0.2, 0.25) is 0 Å². The molecule has 2 N–H and O–H groups in total. The molecule has 0 atom stereocenters. The second kappa shape index (κ2) is 11.8. The van der Waals surface area contributed by atoms with Gasteiger partial charge < -0.3 is 10.2 Å². The van der Waals surface area contributed by atoms with Gasteiger partial charge in [0.2, 0.25) is 0 Å². The highest BCUT2D eigenvalue weighted by Gasteiger charge is 2.14. The van der Waals surface area contributed by atoms with E-state index in [-0.39, 0.29) is 7.43 Å². The Balaban J connectivity index is -0.000000163. The molecule has 0 aromatic rings. The Labute approximate surface area is 93.8 Å². The fourth-order valence-corrected chi connectivity index (χ4v) is 1.45. The van der Waals surface area contributed by atoms with Crippen molar-refractivity contribution in [3.63, 3.8) is 0 Å². The van der Waals surface area contributed by atoms with E-state index >= 15 is 0 Å². The van der Waals surface area contributed by atoms with E-state index in [9.17, 15) is 0 Å². The third-order valence-electron chi connectivity index (χ3n) is 1.27. The molecule has 0 aliphatic rings. The van der Waals surface area contributed by atoms with Crippen LogP contribution in [0, 0.1) is 0 Å². The summed E-state index contributed by atoms with van der Waals surface area (Å²) in [6, 6.07) is 0. The minimum Gasteiger partial charge on any atom is -0.393 e. The molecule has 0 unspecified atom stereocenters. The summed E-state index contributed by atoms with van der Waals surface area (Å²) in [6.07, 6.45) is 5.25. The highest BCUT2D eigenvalue weighted by molar-refractivity contribution is 7.95. The van der Waals surface area contributed by atoms with E-state index < -0.39 is 7.26 Å². The molecule has 90 valence electrons. The number of hydrogen-bond donors (Lipinski definition) is 2. The topological polar surface area (TPSA) is 40.5 Å². The van der Waals surface area contributed by atoms with Crippen molar-refractivity contribution in [1.82, 2.24) is 0 Å². The lowest BCUT2D eigenvalue weighted by Crippen LogP contribution is -2.04. The second-order valence-corrected chi connectivity index (χ2v) is 11.6. The summed E-state index contributed by atoms with van der Waals surface area (Å²) in [5, 5.41) is 16.7. The second-order valence-electron chi connectivity index (χ2n) is 4.15. The minimum atomic E-state index is -0.666. The molecular weight excluding hydrogens is 215 g/mol. The van der Waals surface area contributed by atoms with Crippen molar-refractivity contribution in [1.29, 1.82) is 0 Å². The number of hydrogen-bond acceptors (Lipinski definition) is 2. The van der Waals surface area contributed by atoms with Crippen LogP contribution in [-0.2, 0) is 10.9 Å². The third kappa shape index (κ3) is 29.3. The quantitative estimate of drug-likeness (QED) is 0.579. The average molecular weight is 244 g/mol. The Morgan fingerprint density at radius 1 is 1.00 bits per heavy atom. The van der Waals surface area contributed by atoms with Crippen LogP contribution >= 0.6 is 7.26 Å². The molecule has 0 radical (unpaired) electrons. The van der Waals surface area contributed by atoms with Gasteiger partial charge in [0.1, 0.15) is 5.75 Å². The van der Waals surface area contributed by atoms with Crippen molar-refractivity contribution >= 4 is 18.2 Å². The van der Waals surface area contributed by atoms with Gasteiger partial charge in [0.25, 0.3) is 0 Å². The maximum absolute atomic E-state index is 8.43. The van der Waals surface area contributed by atoms with Gasteiger partial charge in [-0.25, -0.2) is 0 Å². The zero-order valence-corrected chi connectivity index (χ0v) is 11.3. The highest BCUT2D eigenvalue weighted by Crippen LogP contribution is 2.45. The lowest BCUT2D eigenvalue weighted by atomic mass is 10.9. The molecule has 0 amide bonds. The van der Waals surface area contributed by atoms with Gasteiger partial charge in [-0.05, 0) is 10.9 Å². The molecule has 0 aliphatic carbocycles. The zero-order valence-electron chi connectivity index (χ0n) is 9.58. The van der Waals surface area contributed by atoms with Crippen molar-refractivity contribution < 1.29 is 10.2 Å². The largest absolute Gasteiger partial charge is 0.393 e. The van der Waals surface area contributed by atoms with Crippen molar-refractivity contribution in [2.75, 3.05) is 57.6 Å². The fourth-order valence-electron chi connectivity index (χ4n) is 0.483. The predicted molar refractivity (Wildman–Crippen MR) is 74.5 cm³/mol. The molecule has 4 heteroatoms. The maximum Gasteiger partial charge on any atom is 0.130 e. The van der Waals surface area contributed by atoms with E-state index in [0.29, 0.717) is 24.1 Å². The van der Waals surface area contributed by atoms with Crippen molar-refractivity contribution in [2.24, 2.45) is 0 Å². The first kappa shape index (κ1) is 20.2. The Hall–Kier alpha value is 0.700. The van der Waals surface area contributed by atoms with Gasteiger partial charge in [-0.1, -0.05) is 7.43 Å². The van der Waals surface area contributed by atoms with Crippen LogP contribution in [-0.4, -0.2) is 67.8 Å². The molecule has 0 aliphatic heterocycles. The van der Waals surface area contributed by atoms with Gasteiger partial charge in [-0.3, -0.25) is 0 Å². The van der Waals surface area contributed by atoms with Crippen LogP contribution in [0.3, 0.4) is 0 Å². The van der Waals surface area contributed by atoms with E-state index in [2.05, 4.69) is 32.5 Å². The van der Waals surface area contributed by atoms with Gasteiger partial charge in [0, 0.05) is 27.3 Å². The molecule has 0 saturated heterocycles. The van der Waals surface area contributed by atoms with Gasteiger partial charge in [-0.2, -0.15) is 0 Å². The minimum absolute atomic E-state index is 0. The van der Waals surface area contributed by atoms with Gasteiger partial charge in [0.05, 0.1) is 31.9 Å². The zero-order chi connectivity index (χ0) is 10.9. The summed E-state index contributed by atoms with van der Waals surface area (Å²) >= 11 is 0. The molecule has 0 bridgehead atoms. The van der Waals surface area contributed by atoms with Crippen LogP contribution in [0.1, 0.15) is 7.43 Å². The first-order chi connectivity index (χ1) is 5.83. The van der Waals surface area contributed by atoms with Crippen LogP contribution < -0.4 is 0 Å². The van der Waals surface area contributed by atoms with Gasteiger partial charge in [-0.15, -0.1) is 0 Å². The number of aliphatic hydroxyl groups is 2. The van der Waals surface area contributed by atoms with Crippen LogP contribution in [0.4, 0.5) is 0 Å². The molecule has 0 rings (SSSR count). The van der Waals surface area contributed by atoms with E-state index in [1.807, 2.05) is 0 Å². The fraction of sp³-hybridized carbons (Fsp3) is 1.00. The molecular formula is C10H29O2PS+2. The van der Waals surface area contributed by atoms with Crippen molar-refractivity contribution in [3.05, 3.63) is 0 Å². The molecule has 2 nitrogen and oxygen atoms in total. The number of rotatable bonds is 4. The first-order valence-electron chi connectivity index (χ1n) is 4.40. The first-order valence-corrected chi connectivity index (χ1v) is 9.92. The molecule has 0 saturated carbocycles. The lowest BCUT2D eigenvalue weighted by molar-refractivity contribution is 0.321. The van der Waals surface area contributed by atoms with Crippen LogP contribution in [0.15, 0.2) is 0 Å². The maximum atomic E-state index is 8.43. The Kier molecular flexibility index (Phi) is 16.9. The summed E-state index contributed by atoms with van der Waals surface area (Å²) < 4.78 is 0. The monoisotopic (exact) mass is 244 g/mol.